The van der Waals surface area contributed by atoms with Gasteiger partial charge in [-0.15, -0.1) is 0 Å². The average Bonchev–Trinajstić information content (AvgIpc) is 3.14. The van der Waals surface area contributed by atoms with Crippen molar-refractivity contribution in [3.8, 4) is 0 Å². The number of hydrogen-bond acceptors (Lipinski definition) is 2. The highest BCUT2D eigenvalue weighted by atomic mass is 15.2. The minimum absolute atomic E-state index is 0.524. The summed E-state index contributed by atoms with van der Waals surface area (Å²) in [6.07, 6.45) is 1.19. The Morgan fingerprint density at radius 2 is 2.05 bits per heavy atom. The van der Waals surface area contributed by atoms with Gasteiger partial charge in [-0.2, -0.15) is 0 Å². The van der Waals surface area contributed by atoms with Crippen molar-refractivity contribution in [1.82, 2.24) is 14.9 Å². The molecule has 1 aliphatic heterocycles. The van der Waals surface area contributed by atoms with Crippen LogP contribution in [-0.4, -0.2) is 28.0 Å². The van der Waals surface area contributed by atoms with Crippen LogP contribution in [0.25, 0.3) is 11.0 Å². The Morgan fingerprint density at radius 3 is 2.91 bits per heavy atom. The normalized spacial score (nSPS) is 19.0. The fourth-order valence-corrected chi connectivity index (χ4v) is 3.38. The molecule has 0 amide bonds. The number of aryl methyl sites for hydroxylation is 1. The van der Waals surface area contributed by atoms with E-state index >= 15 is 0 Å². The predicted molar refractivity (Wildman–Crippen MR) is 89.9 cm³/mol. The van der Waals surface area contributed by atoms with Gasteiger partial charge in [0, 0.05) is 19.0 Å². The highest BCUT2D eigenvalue weighted by Gasteiger charge is 2.26. The molecule has 0 unspecified atom stereocenters. The van der Waals surface area contributed by atoms with E-state index in [1.165, 1.54) is 17.5 Å². The number of benzene rings is 2. The molecule has 1 N–H and O–H groups in total. The second kappa shape index (κ2) is 5.58. The molecule has 0 aliphatic carbocycles. The van der Waals surface area contributed by atoms with Gasteiger partial charge in [0.15, 0.2) is 0 Å². The molecule has 0 bridgehead atoms. The second-order valence-electron chi connectivity index (χ2n) is 6.35. The Bertz CT molecular complexity index is 776. The van der Waals surface area contributed by atoms with Crippen molar-refractivity contribution < 1.29 is 0 Å². The summed E-state index contributed by atoms with van der Waals surface area (Å²) in [5.41, 5.74) is 4.92. The van der Waals surface area contributed by atoms with E-state index in [2.05, 4.69) is 65.3 Å². The van der Waals surface area contributed by atoms with Crippen LogP contribution in [0.3, 0.4) is 0 Å². The molecule has 1 saturated heterocycles. The Morgan fingerprint density at radius 1 is 1.18 bits per heavy atom. The van der Waals surface area contributed by atoms with Crippen molar-refractivity contribution in [2.75, 3.05) is 13.1 Å². The first kappa shape index (κ1) is 13.5. The molecular weight excluding hydrogens is 270 g/mol. The maximum atomic E-state index is 4.80. The lowest BCUT2D eigenvalue weighted by Gasteiger charge is -2.15. The molecule has 1 atom stereocenters. The number of aromatic amines is 1. The van der Waals surface area contributed by atoms with Crippen LogP contribution in [0.5, 0.6) is 0 Å². The monoisotopic (exact) mass is 291 g/mol. The lowest BCUT2D eigenvalue weighted by atomic mass is 10.1. The van der Waals surface area contributed by atoms with E-state index < -0.39 is 0 Å². The number of nitrogens with zero attached hydrogens (tertiary/aromatic N) is 2. The molecule has 1 aliphatic rings. The summed E-state index contributed by atoms with van der Waals surface area (Å²) >= 11 is 0. The van der Waals surface area contributed by atoms with Gasteiger partial charge >= 0.3 is 0 Å². The van der Waals surface area contributed by atoms with Gasteiger partial charge in [0.25, 0.3) is 0 Å². The van der Waals surface area contributed by atoms with Crippen molar-refractivity contribution >= 4 is 11.0 Å². The third kappa shape index (κ3) is 2.64. The van der Waals surface area contributed by atoms with Gasteiger partial charge in [-0.3, -0.25) is 4.90 Å². The van der Waals surface area contributed by atoms with Gasteiger partial charge < -0.3 is 4.98 Å². The van der Waals surface area contributed by atoms with Gasteiger partial charge in [-0.05, 0) is 43.1 Å². The third-order valence-corrected chi connectivity index (χ3v) is 4.56. The highest BCUT2D eigenvalue weighted by molar-refractivity contribution is 5.75. The minimum atomic E-state index is 0.524. The van der Waals surface area contributed by atoms with Crippen LogP contribution in [0.4, 0.5) is 0 Å². The van der Waals surface area contributed by atoms with Crippen LogP contribution in [0.15, 0.2) is 48.5 Å². The maximum Gasteiger partial charge on any atom is 0.111 e. The van der Waals surface area contributed by atoms with Crippen LogP contribution >= 0.6 is 0 Å². The van der Waals surface area contributed by atoms with Crippen LogP contribution in [0.1, 0.15) is 29.3 Å². The number of hydrogen-bond donors (Lipinski definition) is 1. The van der Waals surface area contributed by atoms with Crippen molar-refractivity contribution in [2.45, 2.75) is 25.8 Å². The molecule has 0 saturated carbocycles. The fourth-order valence-electron chi connectivity index (χ4n) is 3.38. The van der Waals surface area contributed by atoms with Gasteiger partial charge in [0.2, 0.25) is 0 Å². The van der Waals surface area contributed by atoms with E-state index in [0.717, 1.165) is 36.5 Å². The quantitative estimate of drug-likeness (QED) is 0.794. The first-order valence-electron chi connectivity index (χ1n) is 8.00. The fraction of sp³-hybridized carbons (Fsp3) is 0.316. The molecule has 0 radical (unpaired) electrons. The zero-order valence-electron chi connectivity index (χ0n) is 12.9. The van der Waals surface area contributed by atoms with Crippen LogP contribution < -0.4 is 0 Å². The molecule has 112 valence electrons. The summed E-state index contributed by atoms with van der Waals surface area (Å²) in [6.45, 7) is 5.40. The van der Waals surface area contributed by atoms with E-state index in [4.69, 9.17) is 4.98 Å². The predicted octanol–water partition coefficient (Wildman–Crippen LogP) is 3.86. The van der Waals surface area contributed by atoms with Crippen LogP contribution in [0, 0.1) is 6.92 Å². The maximum absolute atomic E-state index is 4.80. The molecule has 3 nitrogen and oxygen atoms in total. The van der Waals surface area contributed by atoms with E-state index in [1.54, 1.807) is 0 Å². The molecule has 2 aromatic carbocycles. The topological polar surface area (TPSA) is 31.9 Å². The summed E-state index contributed by atoms with van der Waals surface area (Å²) in [7, 11) is 0. The highest BCUT2D eigenvalue weighted by Crippen LogP contribution is 2.28. The zero-order chi connectivity index (χ0) is 14.9. The summed E-state index contributed by atoms with van der Waals surface area (Å²) in [5, 5.41) is 0. The SMILES string of the molecule is Cc1ccc2nc([C@H]3CCN(Cc4ccccc4)C3)[nH]c2c1. The van der Waals surface area contributed by atoms with Crippen molar-refractivity contribution in [1.29, 1.82) is 0 Å². The van der Waals surface area contributed by atoms with Crippen molar-refractivity contribution in [3.05, 3.63) is 65.5 Å². The lowest BCUT2D eigenvalue weighted by Crippen LogP contribution is -2.19. The number of imidazole rings is 1. The van der Waals surface area contributed by atoms with Gasteiger partial charge in [-0.1, -0.05) is 36.4 Å². The van der Waals surface area contributed by atoms with Crippen molar-refractivity contribution in [2.24, 2.45) is 0 Å². The van der Waals surface area contributed by atoms with Gasteiger partial charge in [-0.25, -0.2) is 4.98 Å². The van der Waals surface area contributed by atoms with Crippen molar-refractivity contribution in [3.63, 3.8) is 0 Å². The average molecular weight is 291 g/mol. The summed E-state index contributed by atoms with van der Waals surface area (Å²) in [5.74, 6) is 1.67. The molecule has 22 heavy (non-hydrogen) atoms. The Hall–Kier alpha value is -2.13. The molecule has 0 spiro atoms. The lowest BCUT2D eigenvalue weighted by molar-refractivity contribution is 0.326. The molecule has 1 fully saturated rings. The van der Waals surface area contributed by atoms with E-state index in [0.29, 0.717) is 5.92 Å². The number of fused-ring (bicyclic) bond motifs is 1. The molecule has 4 rings (SSSR count). The van der Waals surface area contributed by atoms with Gasteiger partial charge in [0.1, 0.15) is 5.82 Å². The van der Waals surface area contributed by atoms with E-state index in [9.17, 15) is 0 Å². The molecule has 1 aromatic heterocycles. The number of nitrogens with one attached hydrogen (secondary N) is 1. The molecular formula is C19H21N3. The minimum Gasteiger partial charge on any atom is -0.342 e. The largest absolute Gasteiger partial charge is 0.342 e. The Labute approximate surface area is 131 Å². The summed E-state index contributed by atoms with van der Waals surface area (Å²) in [4.78, 5) is 10.8. The molecule has 3 aromatic rings. The number of likely N-dealkylation sites (tertiary alicyclic amines) is 1. The Balaban J connectivity index is 1.49. The zero-order valence-corrected chi connectivity index (χ0v) is 12.9. The first-order valence-corrected chi connectivity index (χ1v) is 8.00. The molecule has 3 heteroatoms. The standard InChI is InChI=1S/C19H21N3/c1-14-7-8-17-18(11-14)21-19(20-17)16-9-10-22(13-16)12-15-5-3-2-4-6-15/h2-8,11,16H,9-10,12-13H2,1H3,(H,20,21)/t16-/m0/s1. The second-order valence-corrected chi connectivity index (χ2v) is 6.35. The first-order chi connectivity index (χ1) is 10.8. The van der Waals surface area contributed by atoms with Crippen LogP contribution in [0.2, 0.25) is 0 Å². The third-order valence-electron chi connectivity index (χ3n) is 4.56. The van der Waals surface area contributed by atoms with E-state index in [1.807, 2.05) is 0 Å². The number of H-pyrrole nitrogens is 1. The smallest absolute Gasteiger partial charge is 0.111 e. The number of rotatable bonds is 3. The van der Waals surface area contributed by atoms with Crippen LogP contribution in [-0.2, 0) is 6.54 Å². The summed E-state index contributed by atoms with van der Waals surface area (Å²) < 4.78 is 0. The Kier molecular flexibility index (Phi) is 3.43. The van der Waals surface area contributed by atoms with E-state index in [-0.39, 0.29) is 0 Å². The van der Waals surface area contributed by atoms with Gasteiger partial charge in [0.05, 0.1) is 11.0 Å². The number of aromatic nitrogens is 2. The molecule has 2 heterocycles. The summed E-state index contributed by atoms with van der Waals surface area (Å²) in [6, 6.07) is 17.1.